The van der Waals surface area contributed by atoms with E-state index in [2.05, 4.69) is 21.2 Å². The van der Waals surface area contributed by atoms with Crippen LogP contribution >= 0.6 is 0 Å². The van der Waals surface area contributed by atoms with Crippen LogP contribution in [0.2, 0.25) is 0 Å². The zero-order valence-corrected chi connectivity index (χ0v) is 22.7. The first kappa shape index (κ1) is 28.9. The van der Waals surface area contributed by atoms with Crippen molar-refractivity contribution in [2.24, 2.45) is 5.10 Å². The molecule has 0 aliphatic rings. The van der Waals surface area contributed by atoms with Crippen LogP contribution in [0.4, 0.5) is 17.1 Å². The molecule has 0 aliphatic carbocycles. The van der Waals surface area contributed by atoms with Gasteiger partial charge < -0.3 is 15.4 Å². The average molecular weight is 552 g/mol. The quantitative estimate of drug-likeness (QED) is 0.260. The molecule has 0 aromatic heterocycles. The van der Waals surface area contributed by atoms with Gasteiger partial charge in [-0.25, -0.2) is 13.8 Å². The summed E-state index contributed by atoms with van der Waals surface area (Å²) in [5.74, 6) is -0.678. The van der Waals surface area contributed by atoms with Gasteiger partial charge in [0.25, 0.3) is 15.9 Å². The summed E-state index contributed by atoms with van der Waals surface area (Å²) in [4.78, 5) is 35.5. The van der Waals surface area contributed by atoms with E-state index >= 15 is 0 Å². The predicted octanol–water partition coefficient (Wildman–Crippen LogP) is 3.35. The van der Waals surface area contributed by atoms with Gasteiger partial charge in [0.1, 0.15) is 12.3 Å². The molecular weight excluding hydrogens is 522 g/mol. The Hall–Kier alpha value is -4.71. The topological polar surface area (TPSA) is 146 Å². The van der Waals surface area contributed by atoms with Crippen LogP contribution in [0, 0.1) is 0 Å². The summed E-state index contributed by atoms with van der Waals surface area (Å²) >= 11 is 0. The van der Waals surface area contributed by atoms with E-state index in [0.29, 0.717) is 28.4 Å². The summed E-state index contributed by atoms with van der Waals surface area (Å²) < 4.78 is 33.3. The molecule has 0 unspecified atom stereocenters. The highest BCUT2D eigenvalue weighted by molar-refractivity contribution is 7.92. The first-order valence-electron chi connectivity index (χ1n) is 11.7. The van der Waals surface area contributed by atoms with Gasteiger partial charge in [0, 0.05) is 25.2 Å². The molecule has 11 nitrogen and oxygen atoms in total. The summed E-state index contributed by atoms with van der Waals surface area (Å²) in [5, 5.41) is 9.37. The highest BCUT2D eigenvalue weighted by atomic mass is 32.2. The second kappa shape index (κ2) is 12.7. The van der Waals surface area contributed by atoms with Gasteiger partial charge in [-0.2, -0.15) is 5.10 Å². The summed E-state index contributed by atoms with van der Waals surface area (Å²) in [5.41, 5.74) is 4.74. The third-order valence-corrected chi connectivity index (χ3v) is 7.15. The molecular formula is C27H29N5O6S. The summed E-state index contributed by atoms with van der Waals surface area (Å²) in [6, 6.07) is 18.7. The number of rotatable bonds is 10. The Morgan fingerprint density at radius 2 is 1.46 bits per heavy atom. The van der Waals surface area contributed by atoms with E-state index in [0.717, 1.165) is 4.31 Å². The SMILES string of the molecule is COc1ccc(N(CC(=O)NN=C(C)c2cccc(NC(C)=O)c2)S(=O)(=O)c2ccc(NC(C)=O)cc2)cc1. The number of anilines is 3. The van der Waals surface area contributed by atoms with Crippen LogP contribution in [-0.2, 0) is 24.4 Å². The molecule has 0 saturated carbocycles. The molecule has 3 N–H and O–H groups in total. The van der Waals surface area contributed by atoms with Crippen molar-refractivity contribution in [2.75, 3.05) is 28.6 Å². The van der Waals surface area contributed by atoms with E-state index in [1.54, 1.807) is 43.3 Å². The standard InChI is InChI=1S/C27H29N5O6S/c1-18(21-6-5-7-23(16-21)29-20(3)34)30-31-27(35)17-32(24-10-12-25(38-4)13-11-24)39(36,37)26-14-8-22(9-15-26)28-19(2)33/h5-16H,17H2,1-4H3,(H,28,33)(H,29,34)(H,31,35). The van der Waals surface area contributed by atoms with Crippen molar-refractivity contribution < 1.29 is 27.5 Å². The molecule has 0 aliphatic heterocycles. The van der Waals surface area contributed by atoms with E-state index in [9.17, 15) is 22.8 Å². The van der Waals surface area contributed by atoms with Crippen LogP contribution in [0.15, 0.2) is 82.8 Å². The lowest BCUT2D eigenvalue weighted by molar-refractivity contribution is -0.119. The van der Waals surface area contributed by atoms with E-state index in [-0.39, 0.29) is 22.4 Å². The zero-order chi connectivity index (χ0) is 28.6. The van der Waals surface area contributed by atoms with Crippen molar-refractivity contribution in [3.05, 3.63) is 78.4 Å². The van der Waals surface area contributed by atoms with Crippen molar-refractivity contribution in [2.45, 2.75) is 25.7 Å². The smallest absolute Gasteiger partial charge is 0.264 e. The molecule has 3 rings (SSSR count). The molecule has 0 saturated heterocycles. The maximum Gasteiger partial charge on any atom is 0.264 e. The van der Waals surface area contributed by atoms with Gasteiger partial charge in [-0.1, -0.05) is 12.1 Å². The Morgan fingerprint density at radius 3 is 2.05 bits per heavy atom. The van der Waals surface area contributed by atoms with Gasteiger partial charge >= 0.3 is 0 Å². The van der Waals surface area contributed by atoms with Crippen LogP contribution < -0.4 is 25.1 Å². The van der Waals surface area contributed by atoms with Gasteiger partial charge in [0.2, 0.25) is 11.8 Å². The van der Waals surface area contributed by atoms with Crippen LogP contribution in [0.25, 0.3) is 0 Å². The molecule has 12 heteroatoms. The Morgan fingerprint density at radius 1 is 0.846 bits per heavy atom. The van der Waals surface area contributed by atoms with Crippen LogP contribution in [0.3, 0.4) is 0 Å². The minimum Gasteiger partial charge on any atom is -0.497 e. The second-order valence-corrected chi connectivity index (χ2v) is 10.3. The number of benzene rings is 3. The number of hydrogen-bond donors (Lipinski definition) is 3. The van der Waals surface area contributed by atoms with E-state index in [1.165, 1.54) is 57.4 Å². The van der Waals surface area contributed by atoms with Crippen LogP contribution in [0.1, 0.15) is 26.3 Å². The van der Waals surface area contributed by atoms with Crippen molar-refractivity contribution in [1.29, 1.82) is 0 Å². The Balaban J connectivity index is 1.86. The van der Waals surface area contributed by atoms with Crippen LogP contribution in [0.5, 0.6) is 5.75 Å². The fourth-order valence-corrected chi connectivity index (χ4v) is 4.93. The lowest BCUT2D eigenvalue weighted by Crippen LogP contribution is -2.39. The van der Waals surface area contributed by atoms with Gasteiger partial charge in [-0.15, -0.1) is 0 Å². The van der Waals surface area contributed by atoms with E-state index < -0.39 is 22.5 Å². The third kappa shape index (κ3) is 7.89. The number of sulfonamides is 1. The lowest BCUT2D eigenvalue weighted by Gasteiger charge is -2.24. The monoisotopic (exact) mass is 551 g/mol. The molecule has 3 amide bonds. The average Bonchev–Trinajstić information content (AvgIpc) is 2.90. The number of methoxy groups -OCH3 is 1. The van der Waals surface area contributed by atoms with Gasteiger partial charge in [0.05, 0.1) is 23.4 Å². The molecule has 204 valence electrons. The fraction of sp³-hybridized carbons (Fsp3) is 0.185. The van der Waals surface area contributed by atoms with Gasteiger partial charge in [-0.05, 0) is 73.2 Å². The largest absolute Gasteiger partial charge is 0.497 e. The number of carbonyl (C=O) groups excluding carboxylic acids is 3. The van der Waals surface area contributed by atoms with E-state index in [4.69, 9.17) is 4.74 Å². The number of hydrogen-bond acceptors (Lipinski definition) is 7. The molecule has 3 aromatic carbocycles. The second-order valence-electron chi connectivity index (χ2n) is 8.41. The minimum absolute atomic E-state index is 0.0744. The predicted molar refractivity (Wildman–Crippen MR) is 149 cm³/mol. The molecule has 0 radical (unpaired) electrons. The van der Waals surface area contributed by atoms with Gasteiger partial charge in [-0.3, -0.25) is 18.7 Å². The summed E-state index contributed by atoms with van der Waals surface area (Å²) in [6.07, 6.45) is 0. The number of nitrogens with one attached hydrogen (secondary N) is 3. The molecule has 0 heterocycles. The highest BCUT2D eigenvalue weighted by Crippen LogP contribution is 2.26. The first-order valence-corrected chi connectivity index (χ1v) is 13.2. The Labute approximate surface area is 226 Å². The normalized spacial score (nSPS) is 11.3. The van der Waals surface area contributed by atoms with Crippen molar-refractivity contribution in [3.63, 3.8) is 0 Å². The third-order valence-electron chi connectivity index (χ3n) is 5.36. The molecule has 0 spiro atoms. The van der Waals surface area contributed by atoms with Crippen molar-refractivity contribution in [1.82, 2.24) is 5.43 Å². The number of carbonyl (C=O) groups is 3. The molecule has 3 aromatic rings. The molecule has 0 atom stereocenters. The number of hydrazone groups is 1. The Kier molecular flexibility index (Phi) is 9.39. The van der Waals surface area contributed by atoms with E-state index in [1.807, 2.05) is 0 Å². The Bertz CT molecular complexity index is 1490. The van der Waals surface area contributed by atoms with Crippen LogP contribution in [-0.4, -0.2) is 45.5 Å². The maximum atomic E-state index is 13.6. The van der Waals surface area contributed by atoms with Crippen molar-refractivity contribution >= 4 is 50.5 Å². The first-order chi connectivity index (χ1) is 18.5. The lowest BCUT2D eigenvalue weighted by atomic mass is 10.1. The minimum atomic E-state index is -4.19. The summed E-state index contributed by atoms with van der Waals surface area (Å²) in [6.45, 7) is 3.85. The highest BCUT2D eigenvalue weighted by Gasteiger charge is 2.27. The number of amides is 3. The van der Waals surface area contributed by atoms with Crippen molar-refractivity contribution in [3.8, 4) is 5.75 Å². The maximum absolute atomic E-state index is 13.6. The number of ether oxygens (including phenoxy) is 1. The number of nitrogens with zero attached hydrogens (tertiary/aromatic N) is 2. The van der Waals surface area contributed by atoms with Gasteiger partial charge in [0.15, 0.2) is 0 Å². The molecule has 39 heavy (non-hydrogen) atoms. The zero-order valence-electron chi connectivity index (χ0n) is 21.9. The summed E-state index contributed by atoms with van der Waals surface area (Å²) in [7, 11) is -2.71. The molecule has 0 bridgehead atoms. The molecule has 0 fully saturated rings. The fourth-order valence-electron chi connectivity index (χ4n) is 3.51.